The van der Waals surface area contributed by atoms with Crippen LogP contribution in [0.15, 0.2) is 181 Å². The highest BCUT2D eigenvalue weighted by Gasteiger charge is 2.17. The van der Waals surface area contributed by atoms with Crippen molar-refractivity contribution in [3.05, 3.63) is 181 Å². The molecule has 0 radical (unpaired) electrons. The third kappa shape index (κ3) is 4.38. The summed E-state index contributed by atoms with van der Waals surface area (Å²) in [6, 6.07) is -8.21. The summed E-state index contributed by atoms with van der Waals surface area (Å²) in [5.74, 6) is 0. The maximum Gasteiger partial charge on any atom is 0.0636 e. The molecule has 46 heavy (non-hydrogen) atoms. The van der Waals surface area contributed by atoms with E-state index < -0.39 is 167 Å². The summed E-state index contributed by atoms with van der Waals surface area (Å²) < 4.78 is 210. The molecule has 0 aliphatic rings. The number of fused-ring (bicyclic) bond motifs is 4. The maximum atomic E-state index is 9.26. The van der Waals surface area contributed by atoms with Gasteiger partial charge >= 0.3 is 0 Å². The summed E-state index contributed by atoms with van der Waals surface area (Å²) in [5.41, 5.74) is -1.13. The van der Waals surface area contributed by atoms with Crippen LogP contribution in [0.2, 0.25) is 0 Å². The van der Waals surface area contributed by atoms with Crippen LogP contribution in [-0.4, -0.2) is 0 Å². The maximum absolute atomic E-state index is 9.26. The lowest BCUT2D eigenvalue weighted by molar-refractivity contribution is 1.62. The van der Waals surface area contributed by atoms with Gasteiger partial charge in [-0.25, -0.2) is 0 Å². The van der Waals surface area contributed by atoms with Gasteiger partial charge < -0.3 is 0 Å². The molecule has 0 spiro atoms. The number of hydrogen-bond donors (Lipinski definition) is 0. The van der Waals surface area contributed by atoms with Crippen molar-refractivity contribution in [1.29, 1.82) is 0 Å². The molecule has 0 saturated heterocycles. The predicted octanol–water partition coefficient (Wildman–Crippen LogP) is 13.0. The molecule has 0 aliphatic carbocycles. The zero-order valence-corrected chi connectivity index (χ0v) is 23.5. The van der Waals surface area contributed by atoms with E-state index in [1.807, 2.05) is 0 Å². The van der Waals surface area contributed by atoms with Gasteiger partial charge in [-0.2, -0.15) is 0 Å². The Balaban J connectivity index is 1.41. The smallest absolute Gasteiger partial charge is 0.0622 e. The van der Waals surface area contributed by atoms with Crippen molar-refractivity contribution in [3.63, 3.8) is 0 Å². The average molecular weight is 607 g/mol. The molecular formula is C46H30. The molecule has 0 nitrogen and oxygen atoms in total. The molecule has 9 rings (SSSR count). The fourth-order valence-corrected chi connectivity index (χ4v) is 5.72. The summed E-state index contributed by atoms with van der Waals surface area (Å²) in [6.07, 6.45) is 0. The highest BCUT2D eigenvalue weighted by atomic mass is 14.2. The van der Waals surface area contributed by atoms with E-state index in [9.17, 15) is 6.85 Å². The molecule has 0 atom stereocenters. The molecule has 0 heterocycles. The Morgan fingerprint density at radius 2 is 0.804 bits per heavy atom. The Bertz CT molecular complexity index is 3810. The largest absolute Gasteiger partial charge is 0.0636 e. The van der Waals surface area contributed by atoms with Crippen LogP contribution in [0.25, 0.3) is 87.6 Å². The quantitative estimate of drug-likeness (QED) is 0.175. The Hall–Kier alpha value is -5.98. The predicted molar refractivity (Wildman–Crippen MR) is 198 cm³/mol. The van der Waals surface area contributed by atoms with E-state index in [-0.39, 0.29) is 65.7 Å². The summed E-state index contributed by atoms with van der Waals surface area (Å²) in [7, 11) is 0. The van der Waals surface area contributed by atoms with Crippen molar-refractivity contribution >= 4 is 43.1 Å². The molecule has 214 valence electrons. The first-order chi connectivity index (χ1) is 32.8. The molecule has 0 fully saturated rings. The lowest BCUT2D eigenvalue weighted by Gasteiger charge is -2.18. The standard InChI is InChI=1S/C46H30/c1-2-13-33(14-3-1)45-40-18-8-10-20-42(40)46(43-21-11-9-19-41(43)45)34-25-23-32(24-26-34)44-30-38(29-37-16-6-7-17-39(37)44)36-27-22-31-12-4-5-15-35(31)28-36/h1-30H/i1D,2D,3D,4D,5D,6D,7D,8D,9D,10D,11D,12D,13D,14D,15D,16D,17D,18D,19D,20D,21D,22D,27D,28D. The lowest BCUT2D eigenvalue weighted by atomic mass is 9.85. The second-order valence-electron chi connectivity index (χ2n) is 10.3. The van der Waals surface area contributed by atoms with Crippen LogP contribution in [0.4, 0.5) is 0 Å². The van der Waals surface area contributed by atoms with Gasteiger partial charge in [0.25, 0.3) is 0 Å². The Morgan fingerprint density at radius 3 is 1.46 bits per heavy atom. The van der Waals surface area contributed by atoms with Crippen LogP contribution in [0.3, 0.4) is 0 Å². The minimum absolute atomic E-state index is 0.0263. The van der Waals surface area contributed by atoms with Gasteiger partial charge in [0.15, 0.2) is 0 Å². The van der Waals surface area contributed by atoms with Crippen LogP contribution in [0, 0.1) is 0 Å². The number of hydrogen-bond acceptors (Lipinski definition) is 0. The lowest BCUT2D eigenvalue weighted by Crippen LogP contribution is -1.91. The minimum Gasteiger partial charge on any atom is -0.0622 e. The van der Waals surface area contributed by atoms with Crippen molar-refractivity contribution < 1.29 is 32.9 Å². The second kappa shape index (κ2) is 10.9. The zero-order chi connectivity index (χ0) is 51.3. The van der Waals surface area contributed by atoms with Crippen molar-refractivity contribution in [2.45, 2.75) is 0 Å². The monoisotopic (exact) mass is 606 g/mol. The molecular weight excluding hydrogens is 553 g/mol. The topological polar surface area (TPSA) is 0 Å². The van der Waals surface area contributed by atoms with Gasteiger partial charge in [0.05, 0.1) is 32.9 Å². The van der Waals surface area contributed by atoms with Gasteiger partial charge in [-0.05, 0) is 106 Å². The van der Waals surface area contributed by atoms with Crippen LogP contribution >= 0.6 is 0 Å². The average Bonchev–Trinajstić information content (AvgIpc) is 3.34. The third-order valence-electron chi connectivity index (χ3n) is 7.73. The van der Waals surface area contributed by atoms with Gasteiger partial charge in [0.2, 0.25) is 0 Å². The molecule has 0 N–H and O–H groups in total. The first-order valence-corrected chi connectivity index (χ1v) is 14.0. The third-order valence-corrected chi connectivity index (χ3v) is 7.73. The van der Waals surface area contributed by atoms with E-state index >= 15 is 0 Å². The fourth-order valence-electron chi connectivity index (χ4n) is 5.72. The highest BCUT2D eigenvalue weighted by molar-refractivity contribution is 6.21. The molecule has 0 aromatic heterocycles. The first kappa shape index (κ1) is 11.7. The zero-order valence-electron chi connectivity index (χ0n) is 47.5. The van der Waals surface area contributed by atoms with Gasteiger partial charge in [0, 0.05) is 0 Å². The van der Waals surface area contributed by atoms with E-state index in [1.54, 1.807) is 0 Å². The van der Waals surface area contributed by atoms with E-state index in [0.717, 1.165) is 0 Å². The van der Waals surface area contributed by atoms with Gasteiger partial charge in [-0.1, -0.05) is 163 Å². The second-order valence-corrected chi connectivity index (χ2v) is 10.3. The van der Waals surface area contributed by atoms with Crippen molar-refractivity contribution in [3.8, 4) is 44.5 Å². The van der Waals surface area contributed by atoms with Crippen molar-refractivity contribution in [2.75, 3.05) is 0 Å². The molecule has 0 heteroatoms. The Labute approximate surface area is 302 Å². The van der Waals surface area contributed by atoms with Crippen molar-refractivity contribution in [2.24, 2.45) is 0 Å². The highest BCUT2D eigenvalue weighted by Crippen LogP contribution is 2.44. The molecule has 0 saturated carbocycles. The van der Waals surface area contributed by atoms with E-state index in [1.165, 1.54) is 36.4 Å². The molecule has 9 aromatic carbocycles. The van der Waals surface area contributed by atoms with E-state index in [0.29, 0.717) is 0 Å². The number of benzene rings is 9. The van der Waals surface area contributed by atoms with Gasteiger partial charge in [-0.3, -0.25) is 0 Å². The molecule has 0 amide bonds. The minimum atomic E-state index is -0.813. The van der Waals surface area contributed by atoms with Gasteiger partial charge in [0.1, 0.15) is 0 Å². The summed E-state index contributed by atoms with van der Waals surface area (Å²) in [4.78, 5) is 0. The SMILES string of the molecule is [2H]c1c([2H])c([2H])c(-c2c3c([2H])c([2H])c([2H])c([2H])c3c(-c3ccc(-c4cc(-c5c([2H])c([2H])c6c([2H])c([2H])c([2H])c([2H])c6c5[2H])cc5c([2H])c([2H])c([2H])c([2H])c45)cc3)c3c([2H])c([2H])c([2H])c([2H])c23)c([2H])c1[2H]. The molecule has 0 aliphatic heterocycles. The molecule has 9 aromatic rings. The number of rotatable bonds is 4. The normalized spacial score (nSPS) is 18.8. The van der Waals surface area contributed by atoms with E-state index in [4.69, 9.17) is 26.0 Å². The van der Waals surface area contributed by atoms with Crippen LogP contribution in [0.5, 0.6) is 0 Å². The summed E-state index contributed by atoms with van der Waals surface area (Å²) in [5, 5.41) is -2.32. The fraction of sp³-hybridized carbons (Fsp3) is 0. The Morgan fingerprint density at radius 1 is 0.304 bits per heavy atom. The first-order valence-electron chi connectivity index (χ1n) is 26.0. The van der Waals surface area contributed by atoms with Crippen LogP contribution in [-0.2, 0) is 0 Å². The van der Waals surface area contributed by atoms with Crippen molar-refractivity contribution in [1.82, 2.24) is 0 Å². The van der Waals surface area contributed by atoms with E-state index in [2.05, 4.69) is 0 Å². The van der Waals surface area contributed by atoms with Gasteiger partial charge in [-0.15, -0.1) is 0 Å². The summed E-state index contributed by atoms with van der Waals surface area (Å²) >= 11 is 0. The Kier molecular flexibility index (Phi) is 2.78. The molecule has 0 unspecified atom stereocenters. The summed E-state index contributed by atoms with van der Waals surface area (Å²) in [6.45, 7) is 0. The van der Waals surface area contributed by atoms with Crippen LogP contribution in [0.1, 0.15) is 32.9 Å². The molecule has 0 bridgehead atoms. The van der Waals surface area contributed by atoms with Crippen LogP contribution < -0.4 is 0 Å².